The van der Waals surface area contributed by atoms with Gasteiger partial charge in [-0.2, -0.15) is 11.8 Å². The summed E-state index contributed by atoms with van der Waals surface area (Å²) in [7, 11) is 1.71. The third-order valence-corrected chi connectivity index (χ3v) is 4.04. The van der Waals surface area contributed by atoms with E-state index in [1.54, 1.807) is 7.11 Å². The van der Waals surface area contributed by atoms with Crippen molar-refractivity contribution in [1.82, 2.24) is 5.32 Å². The molecule has 0 spiro atoms. The van der Waals surface area contributed by atoms with Crippen molar-refractivity contribution in [3.8, 4) is 5.75 Å². The molecule has 1 unspecified atom stereocenters. The fourth-order valence-corrected chi connectivity index (χ4v) is 2.80. The Balaban J connectivity index is 2.48. The zero-order valence-corrected chi connectivity index (χ0v) is 14.1. The average Bonchev–Trinajstić information content (AvgIpc) is 2.45. The van der Waals surface area contributed by atoms with Crippen LogP contribution in [0.3, 0.4) is 0 Å². The molecule has 1 atom stereocenters. The lowest BCUT2D eigenvalue weighted by Crippen LogP contribution is -2.28. The number of methoxy groups -OCH3 is 1. The molecule has 0 radical (unpaired) electrons. The summed E-state index contributed by atoms with van der Waals surface area (Å²) < 4.78 is 5.21. The Morgan fingerprint density at radius 3 is 2.40 bits per heavy atom. The van der Waals surface area contributed by atoms with Crippen LogP contribution in [0.25, 0.3) is 0 Å². The lowest BCUT2D eigenvalue weighted by molar-refractivity contribution is 0.414. The predicted molar refractivity (Wildman–Crippen MR) is 90.9 cm³/mol. The van der Waals surface area contributed by atoms with E-state index in [-0.39, 0.29) is 0 Å². The van der Waals surface area contributed by atoms with Crippen molar-refractivity contribution in [2.24, 2.45) is 11.8 Å². The number of rotatable bonds is 10. The van der Waals surface area contributed by atoms with Crippen LogP contribution in [-0.4, -0.2) is 32.2 Å². The van der Waals surface area contributed by atoms with Crippen molar-refractivity contribution in [3.05, 3.63) is 29.8 Å². The van der Waals surface area contributed by atoms with Gasteiger partial charge in [0, 0.05) is 0 Å². The minimum absolute atomic E-state index is 0.717. The third kappa shape index (κ3) is 7.20. The average molecular weight is 295 g/mol. The molecule has 0 aliphatic heterocycles. The van der Waals surface area contributed by atoms with Crippen molar-refractivity contribution in [1.29, 1.82) is 0 Å². The van der Waals surface area contributed by atoms with E-state index in [0.717, 1.165) is 37.1 Å². The standard InChI is InChI=1S/C17H29NOS/c1-14(2)12-18-13-16(9-10-20-4)11-15-5-7-17(19-3)8-6-15/h5-8,14,16,18H,9-13H2,1-4H3. The van der Waals surface area contributed by atoms with Crippen molar-refractivity contribution < 1.29 is 4.74 Å². The van der Waals surface area contributed by atoms with Gasteiger partial charge >= 0.3 is 0 Å². The molecule has 0 heterocycles. The molecule has 0 aromatic heterocycles. The summed E-state index contributed by atoms with van der Waals surface area (Å²) in [6.45, 7) is 6.74. The molecule has 0 aliphatic rings. The number of hydrogen-bond donors (Lipinski definition) is 1. The van der Waals surface area contributed by atoms with Crippen LogP contribution in [0, 0.1) is 11.8 Å². The molecule has 2 nitrogen and oxygen atoms in total. The zero-order valence-electron chi connectivity index (χ0n) is 13.3. The summed E-state index contributed by atoms with van der Waals surface area (Å²) >= 11 is 1.94. The molecular formula is C17H29NOS. The van der Waals surface area contributed by atoms with Gasteiger partial charge in [-0.05, 0) is 67.5 Å². The Hall–Kier alpha value is -0.670. The maximum absolute atomic E-state index is 5.21. The van der Waals surface area contributed by atoms with Gasteiger partial charge in [0.2, 0.25) is 0 Å². The molecule has 1 aromatic rings. The second-order valence-corrected chi connectivity index (χ2v) is 6.74. The molecule has 114 valence electrons. The van der Waals surface area contributed by atoms with E-state index in [9.17, 15) is 0 Å². The first-order chi connectivity index (χ1) is 9.65. The van der Waals surface area contributed by atoms with Gasteiger partial charge in [0.1, 0.15) is 5.75 Å². The first kappa shape index (κ1) is 17.4. The Bertz CT molecular complexity index is 351. The summed E-state index contributed by atoms with van der Waals surface area (Å²) in [6.07, 6.45) is 4.61. The molecule has 3 heteroatoms. The van der Waals surface area contributed by atoms with Crippen LogP contribution in [0.5, 0.6) is 5.75 Å². The van der Waals surface area contributed by atoms with Crippen LogP contribution in [-0.2, 0) is 6.42 Å². The molecular weight excluding hydrogens is 266 g/mol. The molecule has 1 rings (SSSR count). The Labute approximate surface area is 128 Å². The van der Waals surface area contributed by atoms with Crippen LogP contribution < -0.4 is 10.1 Å². The number of nitrogens with one attached hydrogen (secondary N) is 1. The van der Waals surface area contributed by atoms with Gasteiger partial charge in [-0.3, -0.25) is 0 Å². The van der Waals surface area contributed by atoms with Crippen molar-refractivity contribution in [2.75, 3.05) is 32.2 Å². The molecule has 0 saturated heterocycles. The number of hydrogen-bond acceptors (Lipinski definition) is 3. The summed E-state index contributed by atoms with van der Waals surface area (Å²) in [5.74, 6) is 3.61. The molecule has 1 N–H and O–H groups in total. The highest BCUT2D eigenvalue weighted by atomic mass is 32.2. The Morgan fingerprint density at radius 1 is 1.15 bits per heavy atom. The van der Waals surface area contributed by atoms with Crippen molar-refractivity contribution in [2.45, 2.75) is 26.7 Å². The molecule has 0 fully saturated rings. The minimum Gasteiger partial charge on any atom is -0.497 e. The third-order valence-electron chi connectivity index (χ3n) is 3.40. The molecule has 0 saturated carbocycles. The molecule has 0 amide bonds. The van der Waals surface area contributed by atoms with E-state index in [0.29, 0.717) is 0 Å². The Morgan fingerprint density at radius 2 is 1.85 bits per heavy atom. The summed E-state index contributed by atoms with van der Waals surface area (Å²) in [4.78, 5) is 0. The number of thioether (sulfide) groups is 1. The highest BCUT2D eigenvalue weighted by Crippen LogP contribution is 2.17. The first-order valence-corrected chi connectivity index (χ1v) is 8.87. The van der Waals surface area contributed by atoms with E-state index in [4.69, 9.17) is 4.74 Å². The highest BCUT2D eigenvalue weighted by molar-refractivity contribution is 7.98. The number of ether oxygens (including phenoxy) is 1. The van der Waals surface area contributed by atoms with Crippen LogP contribution in [0.2, 0.25) is 0 Å². The maximum atomic E-state index is 5.21. The van der Waals surface area contributed by atoms with Gasteiger partial charge in [-0.25, -0.2) is 0 Å². The van der Waals surface area contributed by atoms with Gasteiger partial charge in [0.15, 0.2) is 0 Å². The van der Waals surface area contributed by atoms with Crippen molar-refractivity contribution in [3.63, 3.8) is 0 Å². The molecule has 1 aromatic carbocycles. The fraction of sp³-hybridized carbons (Fsp3) is 0.647. The normalized spacial score (nSPS) is 12.7. The van der Waals surface area contributed by atoms with Crippen LogP contribution >= 0.6 is 11.8 Å². The summed E-state index contributed by atoms with van der Waals surface area (Å²) in [5, 5.41) is 3.60. The van der Waals surface area contributed by atoms with E-state index in [1.807, 2.05) is 11.8 Å². The number of benzene rings is 1. The second-order valence-electron chi connectivity index (χ2n) is 5.75. The highest BCUT2D eigenvalue weighted by Gasteiger charge is 2.10. The lowest BCUT2D eigenvalue weighted by Gasteiger charge is -2.18. The second kappa shape index (κ2) is 10.1. The zero-order chi connectivity index (χ0) is 14.8. The molecule has 0 aliphatic carbocycles. The van der Waals surface area contributed by atoms with E-state index in [1.165, 1.54) is 17.7 Å². The van der Waals surface area contributed by atoms with Crippen LogP contribution in [0.4, 0.5) is 0 Å². The van der Waals surface area contributed by atoms with Gasteiger partial charge in [0.25, 0.3) is 0 Å². The maximum Gasteiger partial charge on any atom is 0.118 e. The van der Waals surface area contributed by atoms with Gasteiger partial charge < -0.3 is 10.1 Å². The first-order valence-electron chi connectivity index (χ1n) is 7.48. The van der Waals surface area contributed by atoms with Crippen LogP contribution in [0.1, 0.15) is 25.8 Å². The van der Waals surface area contributed by atoms with Gasteiger partial charge in [-0.15, -0.1) is 0 Å². The van der Waals surface area contributed by atoms with E-state index >= 15 is 0 Å². The van der Waals surface area contributed by atoms with E-state index in [2.05, 4.69) is 49.7 Å². The SMILES string of the molecule is COc1ccc(CC(CCSC)CNCC(C)C)cc1. The Kier molecular flexibility index (Phi) is 8.79. The van der Waals surface area contributed by atoms with E-state index < -0.39 is 0 Å². The quantitative estimate of drug-likeness (QED) is 0.708. The summed E-state index contributed by atoms with van der Waals surface area (Å²) in [6, 6.07) is 8.49. The minimum atomic E-state index is 0.717. The monoisotopic (exact) mass is 295 g/mol. The van der Waals surface area contributed by atoms with Gasteiger partial charge in [0.05, 0.1) is 7.11 Å². The fourth-order valence-electron chi connectivity index (χ4n) is 2.23. The van der Waals surface area contributed by atoms with Gasteiger partial charge in [-0.1, -0.05) is 26.0 Å². The summed E-state index contributed by atoms with van der Waals surface area (Å²) in [5.41, 5.74) is 1.41. The van der Waals surface area contributed by atoms with Crippen LogP contribution in [0.15, 0.2) is 24.3 Å². The molecule has 20 heavy (non-hydrogen) atoms. The lowest BCUT2D eigenvalue weighted by atomic mass is 9.96. The smallest absolute Gasteiger partial charge is 0.118 e. The largest absolute Gasteiger partial charge is 0.497 e. The predicted octanol–water partition coefficient (Wildman–Crippen LogP) is 3.85. The topological polar surface area (TPSA) is 21.3 Å². The van der Waals surface area contributed by atoms with Crippen molar-refractivity contribution >= 4 is 11.8 Å². The molecule has 0 bridgehead atoms.